The van der Waals surface area contributed by atoms with Crippen molar-refractivity contribution >= 4 is 5.97 Å². The summed E-state index contributed by atoms with van der Waals surface area (Å²) in [5, 5.41) is 9.13. The highest BCUT2D eigenvalue weighted by Crippen LogP contribution is 2.28. The molecule has 18 heavy (non-hydrogen) atoms. The Balaban J connectivity index is 2.59. The fourth-order valence-corrected chi connectivity index (χ4v) is 1.86. The van der Waals surface area contributed by atoms with E-state index in [1.807, 2.05) is 19.1 Å². The van der Waals surface area contributed by atoms with Crippen LogP contribution in [0.3, 0.4) is 0 Å². The Labute approximate surface area is 105 Å². The number of carboxylic acids is 1. The maximum absolute atomic E-state index is 11.1. The largest absolute Gasteiger partial charge is 0.497 e. The number of methoxy groups -OCH3 is 1. The molecule has 0 bridgehead atoms. The molecule has 0 fully saturated rings. The number of aryl methyl sites for hydroxylation is 1. The number of carbonyl (C=O) groups is 1. The van der Waals surface area contributed by atoms with Gasteiger partial charge in [-0.1, -0.05) is 12.1 Å². The van der Waals surface area contributed by atoms with E-state index in [0.29, 0.717) is 5.56 Å². The molecule has 2 aromatic rings. The van der Waals surface area contributed by atoms with Crippen LogP contribution in [0.15, 0.2) is 36.5 Å². The second-order valence-electron chi connectivity index (χ2n) is 3.89. The van der Waals surface area contributed by atoms with Crippen LogP contribution in [-0.4, -0.2) is 23.2 Å². The number of ether oxygens (including phenoxy) is 1. The van der Waals surface area contributed by atoms with E-state index >= 15 is 0 Å². The fourth-order valence-electron chi connectivity index (χ4n) is 1.86. The summed E-state index contributed by atoms with van der Waals surface area (Å²) in [6, 6.07) is 9.00. The van der Waals surface area contributed by atoms with Crippen molar-refractivity contribution in [2.24, 2.45) is 0 Å². The van der Waals surface area contributed by atoms with Crippen molar-refractivity contribution in [3.8, 4) is 16.9 Å². The number of rotatable bonds is 3. The van der Waals surface area contributed by atoms with Gasteiger partial charge in [0.25, 0.3) is 0 Å². The lowest BCUT2D eigenvalue weighted by molar-refractivity contribution is 0.0691. The van der Waals surface area contributed by atoms with Gasteiger partial charge in [0.05, 0.1) is 7.11 Å². The molecule has 0 saturated heterocycles. The Kier molecular flexibility index (Phi) is 3.28. The highest BCUT2D eigenvalue weighted by Gasteiger charge is 2.14. The van der Waals surface area contributed by atoms with Crippen LogP contribution in [0.2, 0.25) is 0 Å². The van der Waals surface area contributed by atoms with E-state index in [4.69, 9.17) is 9.84 Å². The zero-order valence-electron chi connectivity index (χ0n) is 10.2. The van der Waals surface area contributed by atoms with Crippen molar-refractivity contribution in [3.63, 3.8) is 0 Å². The van der Waals surface area contributed by atoms with Crippen LogP contribution in [0, 0.1) is 6.92 Å². The number of pyridine rings is 1. The zero-order chi connectivity index (χ0) is 13.1. The first-order chi connectivity index (χ1) is 8.63. The summed E-state index contributed by atoms with van der Waals surface area (Å²) in [5.74, 6) is -0.280. The number of hydrogen-bond donors (Lipinski definition) is 1. The van der Waals surface area contributed by atoms with E-state index in [-0.39, 0.29) is 5.69 Å². The Morgan fingerprint density at radius 1 is 1.28 bits per heavy atom. The average Bonchev–Trinajstić information content (AvgIpc) is 2.38. The van der Waals surface area contributed by atoms with Gasteiger partial charge in [-0.15, -0.1) is 0 Å². The summed E-state index contributed by atoms with van der Waals surface area (Å²) >= 11 is 0. The highest BCUT2D eigenvalue weighted by molar-refractivity contribution is 5.94. The van der Waals surface area contributed by atoms with Crippen LogP contribution in [-0.2, 0) is 0 Å². The molecule has 1 heterocycles. The summed E-state index contributed by atoms with van der Waals surface area (Å²) in [7, 11) is 1.60. The molecule has 4 nitrogen and oxygen atoms in total. The minimum Gasteiger partial charge on any atom is -0.497 e. The molecule has 1 N–H and O–H groups in total. The lowest BCUT2D eigenvalue weighted by atomic mass is 9.99. The predicted octanol–water partition coefficient (Wildman–Crippen LogP) is 2.76. The minimum atomic E-state index is -1.03. The smallest absolute Gasteiger partial charge is 0.355 e. The van der Waals surface area contributed by atoms with E-state index in [9.17, 15) is 4.79 Å². The number of aromatic carboxylic acids is 1. The zero-order valence-corrected chi connectivity index (χ0v) is 10.2. The molecule has 0 aliphatic carbocycles. The van der Waals surface area contributed by atoms with Crippen LogP contribution < -0.4 is 4.74 Å². The monoisotopic (exact) mass is 243 g/mol. The third-order valence-electron chi connectivity index (χ3n) is 2.73. The van der Waals surface area contributed by atoms with Gasteiger partial charge in [-0.05, 0) is 36.2 Å². The minimum absolute atomic E-state index is 0.0609. The Morgan fingerprint density at radius 2 is 2.06 bits per heavy atom. The highest BCUT2D eigenvalue weighted by atomic mass is 16.5. The number of nitrogens with zero attached hydrogens (tertiary/aromatic N) is 1. The van der Waals surface area contributed by atoms with Crippen molar-refractivity contribution < 1.29 is 14.6 Å². The van der Waals surface area contributed by atoms with E-state index in [1.54, 1.807) is 25.3 Å². The molecular formula is C14H13NO3. The van der Waals surface area contributed by atoms with Gasteiger partial charge in [0.1, 0.15) is 5.75 Å². The lowest BCUT2D eigenvalue weighted by Crippen LogP contribution is -2.03. The van der Waals surface area contributed by atoms with E-state index in [0.717, 1.165) is 16.9 Å². The molecule has 0 unspecified atom stereocenters. The standard InChI is InChI=1S/C14H13NO3/c1-9-8-10(18-2)5-6-11(9)12-4-3-7-15-13(12)14(16)17/h3-8H,1-2H3,(H,16,17). The van der Waals surface area contributed by atoms with Crippen LogP contribution in [0.1, 0.15) is 16.1 Å². The molecule has 1 aromatic heterocycles. The SMILES string of the molecule is COc1ccc(-c2cccnc2C(=O)O)c(C)c1. The molecular weight excluding hydrogens is 230 g/mol. The molecule has 0 radical (unpaired) electrons. The molecule has 0 amide bonds. The van der Waals surface area contributed by atoms with E-state index in [2.05, 4.69) is 4.98 Å². The topological polar surface area (TPSA) is 59.4 Å². The molecule has 0 spiro atoms. The molecule has 92 valence electrons. The fraction of sp³-hybridized carbons (Fsp3) is 0.143. The van der Waals surface area contributed by atoms with Gasteiger partial charge in [-0.3, -0.25) is 0 Å². The van der Waals surface area contributed by atoms with Crippen molar-refractivity contribution in [2.75, 3.05) is 7.11 Å². The lowest BCUT2D eigenvalue weighted by Gasteiger charge is -2.10. The summed E-state index contributed by atoms with van der Waals surface area (Å²) in [5.41, 5.74) is 2.47. The second-order valence-corrected chi connectivity index (χ2v) is 3.89. The maximum atomic E-state index is 11.1. The van der Waals surface area contributed by atoms with Gasteiger partial charge in [0.2, 0.25) is 0 Å². The van der Waals surface area contributed by atoms with Gasteiger partial charge >= 0.3 is 5.97 Å². The Morgan fingerprint density at radius 3 is 2.67 bits per heavy atom. The first kappa shape index (κ1) is 12.1. The van der Waals surface area contributed by atoms with Gasteiger partial charge < -0.3 is 9.84 Å². The van der Waals surface area contributed by atoms with Crippen molar-refractivity contribution in [1.82, 2.24) is 4.98 Å². The van der Waals surface area contributed by atoms with Crippen LogP contribution >= 0.6 is 0 Å². The van der Waals surface area contributed by atoms with Crippen LogP contribution in [0.5, 0.6) is 5.75 Å². The summed E-state index contributed by atoms with van der Waals surface area (Å²) in [6.07, 6.45) is 1.48. The van der Waals surface area contributed by atoms with Crippen molar-refractivity contribution in [1.29, 1.82) is 0 Å². The van der Waals surface area contributed by atoms with Crippen molar-refractivity contribution in [2.45, 2.75) is 6.92 Å². The molecule has 0 atom stereocenters. The normalized spacial score (nSPS) is 10.1. The van der Waals surface area contributed by atoms with E-state index in [1.165, 1.54) is 6.20 Å². The molecule has 0 saturated carbocycles. The summed E-state index contributed by atoms with van der Waals surface area (Å²) < 4.78 is 5.13. The molecule has 1 aromatic carbocycles. The van der Waals surface area contributed by atoms with Gasteiger partial charge in [-0.25, -0.2) is 9.78 Å². The van der Waals surface area contributed by atoms with Crippen molar-refractivity contribution in [3.05, 3.63) is 47.8 Å². The molecule has 0 aliphatic rings. The number of aromatic nitrogens is 1. The third-order valence-corrected chi connectivity index (χ3v) is 2.73. The molecule has 2 rings (SSSR count). The first-order valence-electron chi connectivity index (χ1n) is 5.47. The Bertz CT molecular complexity index is 593. The molecule has 4 heteroatoms. The number of benzene rings is 1. The number of carboxylic acid groups (broad SMARTS) is 1. The molecule has 0 aliphatic heterocycles. The van der Waals surface area contributed by atoms with Gasteiger partial charge in [0.15, 0.2) is 5.69 Å². The first-order valence-corrected chi connectivity index (χ1v) is 5.47. The second kappa shape index (κ2) is 4.87. The summed E-state index contributed by atoms with van der Waals surface area (Å²) in [6.45, 7) is 1.91. The Hall–Kier alpha value is -2.36. The quantitative estimate of drug-likeness (QED) is 0.900. The van der Waals surface area contributed by atoms with Gasteiger partial charge in [0, 0.05) is 11.8 Å². The van der Waals surface area contributed by atoms with E-state index < -0.39 is 5.97 Å². The van der Waals surface area contributed by atoms with Crippen LogP contribution in [0.25, 0.3) is 11.1 Å². The van der Waals surface area contributed by atoms with Gasteiger partial charge in [-0.2, -0.15) is 0 Å². The predicted molar refractivity (Wildman–Crippen MR) is 67.9 cm³/mol. The summed E-state index contributed by atoms with van der Waals surface area (Å²) in [4.78, 5) is 15.0. The third kappa shape index (κ3) is 2.18. The average molecular weight is 243 g/mol. The maximum Gasteiger partial charge on any atom is 0.355 e. The number of hydrogen-bond acceptors (Lipinski definition) is 3. The van der Waals surface area contributed by atoms with Crippen LogP contribution in [0.4, 0.5) is 0 Å².